The lowest BCUT2D eigenvalue weighted by Crippen LogP contribution is -2.14. The van der Waals surface area contributed by atoms with Gasteiger partial charge in [0.15, 0.2) is 11.0 Å². The highest BCUT2D eigenvalue weighted by Gasteiger charge is 2.15. The molecule has 0 fully saturated rings. The molecule has 0 unspecified atom stereocenters. The van der Waals surface area contributed by atoms with Crippen LogP contribution in [0.15, 0.2) is 53.7 Å². The zero-order valence-electron chi connectivity index (χ0n) is 14.2. The largest absolute Gasteiger partial charge is 0.478 e. The van der Waals surface area contributed by atoms with Crippen molar-refractivity contribution >= 4 is 40.9 Å². The van der Waals surface area contributed by atoms with Crippen LogP contribution in [0.1, 0.15) is 10.4 Å². The third kappa shape index (κ3) is 4.47. The van der Waals surface area contributed by atoms with Gasteiger partial charge in [-0.05, 0) is 36.4 Å². The topological polar surface area (TPSA) is 97.1 Å². The van der Waals surface area contributed by atoms with Crippen LogP contribution in [0.5, 0.6) is 0 Å². The molecule has 0 saturated heterocycles. The lowest BCUT2D eigenvalue weighted by molar-refractivity contribution is -0.113. The number of carbonyl (C=O) groups excluding carboxylic acids is 1. The van der Waals surface area contributed by atoms with E-state index in [1.165, 1.54) is 23.9 Å². The minimum absolute atomic E-state index is 0.134. The van der Waals surface area contributed by atoms with E-state index >= 15 is 0 Å². The van der Waals surface area contributed by atoms with E-state index in [-0.39, 0.29) is 17.2 Å². The Morgan fingerprint density at radius 2 is 1.85 bits per heavy atom. The summed E-state index contributed by atoms with van der Waals surface area (Å²) in [6.07, 6.45) is 0. The number of carboxylic acid groups (broad SMARTS) is 1. The Bertz CT molecular complexity index is 989. The lowest BCUT2D eigenvalue weighted by Gasteiger charge is -2.06. The molecule has 2 N–H and O–H groups in total. The van der Waals surface area contributed by atoms with E-state index < -0.39 is 5.97 Å². The second-order valence-electron chi connectivity index (χ2n) is 5.56. The SMILES string of the molecule is Cn1c(SCC(=O)Nc2ccc(C(=O)O)cc2)nnc1-c1ccccc1Cl. The van der Waals surface area contributed by atoms with E-state index in [4.69, 9.17) is 16.7 Å². The predicted molar refractivity (Wildman–Crippen MR) is 104 cm³/mol. The van der Waals surface area contributed by atoms with Crippen molar-refractivity contribution in [2.24, 2.45) is 7.05 Å². The van der Waals surface area contributed by atoms with Gasteiger partial charge < -0.3 is 15.0 Å². The van der Waals surface area contributed by atoms with Crippen LogP contribution >= 0.6 is 23.4 Å². The first-order valence-corrected chi connectivity index (χ1v) is 9.22. The molecule has 0 atom stereocenters. The van der Waals surface area contributed by atoms with Crippen molar-refractivity contribution in [2.75, 3.05) is 11.1 Å². The number of halogens is 1. The second kappa shape index (κ2) is 8.24. The highest BCUT2D eigenvalue weighted by Crippen LogP contribution is 2.28. The number of aromatic carboxylic acids is 1. The summed E-state index contributed by atoms with van der Waals surface area (Å²) in [7, 11) is 1.81. The predicted octanol–water partition coefficient (Wildman–Crippen LogP) is 3.56. The van der Waals surface area contributed by atoms with Crippen molar-refractivity contribution in [3.8, 4) is 11.4 Å². The summed E-state index contributed by atoms with van der Waals surface area (Å²) in [5.41, 5.74) is 1.46. The zero-order chi connectivity index (χ0) is 19.4. The molecule has 0 aliphatic carbocycles. The van der Waals surface area contributed by atoms with Crippen LogP contribution in [-0.2, 0) is 11.8 Å². The van der Waals surface area contributed by atoms with Gasteiger partial charge >= 0.3 is 5.97 Å². The van der Waals surface area contributed by atoms with Crippen molar-refractivity contribution in [1.82, 2.24) is 14.8 Å². The highest BCUT2D eigenvalue weighted by atomic mass is 35.5. The van der Waals surface area contributed by atoms with Gasteiger partial charge in [-0.1, -0.05) is 35.5 Å². The summed E-state index contributed by atoms with van der Waals surface area (Å²) >= 11 is 7.44. The van der Waals surface area contributed by atoms with Crippen LogP contribution in [0.25, 0.3) is 11.4 Å². The number of anilines is 1. The van der Waals surface area contributed by atoms with Crippen LogP contribution in [0.4, 0.5) is 5.69 Å². The Morgan fingerprint density at radius 3 is 2.52 bits per heavy atom. The molecule has 0 aliphatic heterocycles. The van der Waals surface area contributed by atoms with Crippen LogP contribution in [0.3, 0.4) is 0 Å². The molecule has 7 nitrogen and oxygen atoms in total. The first kappa shape index (κ1) is 18.9. The van der Waals surface area contributed by atoms with Gasteiger partial charge in [0.2, 0.25) is 5.91 Å². The molecule has 9 heteroatoms. The summed E-state index contributed by atoms with van der Waals surface area (Å²) in [5.74, 6) is -0.493. The number of carboxylic acids is 1. The molecular formula is C18H15ClN4O3S. The maximum absolute atomic E-state index is 12.1. The third-order valence-electron chi connectivity index (χ3n) is 3.70. The fourth-order valence-corrected chi connectivity index (χ4v) is 3.27. The maximum Gasteiger partial charge on any atom is 0.335 e. The van der Waals surface area contributed by atoms with E-state index in [0.29, 0.717) is 21.7 Å². The fourth-order valence-electron chi connectivity index (χ4n) is 2.34. The molecule has 0 radical (unpaired) electrons. The van der Waals surface area contributed by atoms with Crippen LogP contribution in [0, 0.1) is 0 Å². The van der Waals surface area contributed by atoms with Gasteiger partial charge in [-0.3, -0.25) is 4.79 Å². The molecule has 2 aromatic carbocycles. The van der Waals surface area contributed by atoms with Gasteiger partial charge in [0.05, 0.1) is 16.3 Å². The second-order valence-corrected chi connectivity index (χ2v) is 6.91. The summed E-state index contributed by atoms with van der Waals surface area (Å²) in [4.78, 5) is 23.0. The zero-order valence-corrected chi connectivity index (χ0v) is 15.8. The molecule has 0 bridgehead atoms. The molecule has 3 aromatic rings. The minimum atomic E-state index is -1.01. The number of rotatable bonds is 6. The van der Waals surface area contributed by atoms with Crippen molar-refractivity contribution in [3.05, 3.63) is 59.1 Å². The molecular weight excluding hydrogens is 388 g/mol. The van der Waals surface area contributed by atoms with Gasteiger partial charge in [0.25, 0.3) is 0 Å². The number of benzene rings is 2. The molecule has 1 heterocycles. The Hall–Kier alpha value is -2.84. The molecule has 0 spiro atoms. The molecule has 138 valence electrons. The smallest absolute Gasteiger partial charge is 0.335 e. The van der Waals surface area contributed by atoms with E-state index in [1.54, 1.807) is 22.8 Å². The number of hydrogen-bond donors (Lipinski definition) is 2. The Labute approximate surface area is 164 Å². The summed E-state index contributed by atoms with van der Waals surface area (Å²) in [6.45, 7) is 0. The maximum atomic E-state index is 12.1. The number of nitrogens with one attached hydrogen (secondary N) is 1. The average Bonchev–Trinajstić information content (AvgIpc) is 3.01. The van der Waals surface area contributed by atoms with E-state index in [2.05, 4.69) is 15.5 Å². The van der Waals surface area contributed by atoms with Gasteiger partial charge in [-0.2, -0.15) is 0 Å². The molecule has 0 saturated carbocycles. The molecule has 1 amide bonds. The van der Waals surface area contributed by atoms with Crippen LogP contribution in [-0.4, -0.2) is 37.5 Å². The van der Waals surface area contributed by atoms with E-state index in [9.17, 15) is 9.59 Å². The molecule has 27 heavy (non-hydrogen) atoms. The van der Waals surface area contributed by atoms with Crippen molar-refractivity contribution in [2.45, 2.75) is 5.16 Å². The Balaban J connectivity index is 1.62. The summed E-state index contributed by atoms with van der Waals surface area (Å²) in [5, 5.41) is 21.0. The fraction of sp³-hybridized carbons (Fsp3) is 0.111. The number of hydrogen-bond acceptors (Lipinski definition) is 5. The van der Waals surface area contributed by atoms with E-state index in [0.717, 1.165) is 5.56 Å². The highest BCUT2D eigenvalue weighted by molar-refractivity contribution is 7.99. The lowest BCUT2D eigenvalue weighted by atomic mass is 10.2. The first-order valence-electron chi connectivity index (χ1n) is 7.86. The van der Waals surface area contributed by atoms with Gasteiger partial charge in [-0.25, -0.2) is 4.79 Å². The van der Waals surface area contributed by atoms with Gasteiger partial charge in [-0.15, -0.1) is 10.2 Å². The van der Waals surface area contributed by atoms with Crippen molar-refractivity contribution < 1.29 is 14.7 Å². The van der Waals surface area contributed by atoms with E-state index in [1.807, 2.05) is 25.2 Å². The minimum Gasteiger partial charge on any atom is -0.478 e. The number of aromatic nitrogens is 3. The third-order valence-corrected chi connectivity index (χ3v) is 5.05. The number of carbonyl (C=O) groups is 2. The standard InChI is InChI=1S/C18H15ClN4O3S/c1-23-16(13-4-2-3-5-14(13)19)21-22-18(23)27-10-15(24)20-12-8-6-11(7-9-12)17(25)26/h2-9H,10H2,1H3,(H,20,24)(H,25,26). The number of thioether (sulfide) groups is 1. The van der Waals surface area contributed by atoms with Crippen molar-refractivity contribution in [3.63, 3.8) is 0 Å². The first-order chi connectivity index (χ1) is 13.0. The monoisotopic (exact) mass is 402 g/mol. The molecule has 1 aromatic heterocycles. The van der Waals surface area contributed by atoms with Crippen LogP contribution < -0.4 is 5.32 Å². The summed E-state index contributed by atoms with van der Waals surface area (Å²) < 4.78 is 1.78. The molecule has 0 aliphatic rings. The number of nitrogens with zero attached hydrogens (tertiary/aromatic N) is 3. The van der Waals surface area contributed by atoms with Gasteiger partial charge in [0, 0.05) is 18.3 Å². The Morgan fingerprint density at radius 1 is 1.15 bits per heavy atom. The summed E-state index contributed by atoms with van der Waals surface area (Å²) in [6, 6.07) is 13.3. The average molecular weight is 403 g/mol. The van der Waals surface area contributed by atoms with Crippen molar-refractivity contribution in [1.29, 1.82) is 0 Å². The normalized spacial score (nSPS) is 10.6. The van der Waals surface area contributed by atoms with Crippen LogP contribution in [0.2, 0.25) is 5.02 Å². The number of amides is 1. The Kier molecular flexibility index (Phi) is 5.78. The quantitative estimate of drug-likeness (QED) is 0.612. The molecule has 3 rings (SSSR count). The van der Waals surface area contributed by atoms with Gasteiger partial charge in [0.1, 0.15) is 0 Å².